The van der Waals surface area contributed by atoms with Crippen molar-refractivity contribution in [3.05, 3.63) is 85.4 Å². The summed E-state index contributed by atoms with van der Waals surface area (Å²) in [4.78, 5) is 25.8. The number of hydrogen-bond acceptors (Lipinski definition) is 6. The quantitative estimate of drug-likeness (QED) is 0.625. The molecule has 2 heterocycles. The summed E-state index contributed by atoms with van der Waals surface area (Å²) >= 11 is 7.28. The lowest BCUT2D eigenvalue weighted by atomic mass is 9.83. The number of rotatable bonds is 3. The highest BCUT2D eigenvalue weighted by molar-refractivity contribution is 7.16. The van der Waals surface area contributed by atoms with Crippen LogP contribution in [0.5, 0.6) is 5.75 Å². The monoisotopic (exact) mass is 431 g/mol. The average molecular weight is 432 g/mol. The fourth-order valence-electron chi connectivity index (χ4n) is 3.45. The highest BCUT2D eigenvalue weighted by Gasteiger charge is 2.40. The molecular formula is C21H15ClFNO4S. The van der Waals surface area contributed by atoms with Crippen LogP contribution in [0.4, 0.5) is 4.39 Å². The van der Waals surface area contributed by atoms with E-state index in [-0.39, 0.29) is 44.7 Å². The molecule has 0 amide bonds. The zero-order valence-electron chi connectivity index (χ0n) is 15.2. The second-order valence-corrected chi connectivity index (χ2v) is 7.72. The lowest BCUT2D eigenvalue weighted by Crippen LogP contribution is -2.31. The van der Waals surface area contributed by atoms with Crippen molar-refractivity contribution in [1.29, 1.82) is 0 Å². The van der Waals surface area contributed by atoms with E-state index in [0.717, 1.165) is 11.3 Å². The van der Waals surface area contributed by atoms with Crippen molar-refractivity contribution in [1.82, 2.24) is 0 Å². The molecule has 148 valence electrons. The van der Waals surface area contributed by atoms with E-state index >= 15 is 0 Å². The minimum Gasteiger partial charge on any atom is -0.462 e. The lowest BCUT2D eigenvalue weighted by molar-refractivity contribution is -0.139. The van der Waals surface area contributed by atoms with Crippen LogP contribution in [0.2, 0.25) is 5.02 Å². The molecule has 0 fully saturated rings. The molecule has 8 heteroatoms. The summed E-state index contributed by atoms with van der Waals surface area (Å²) < 4.78 is 26.0. The first-order chi connectivity index (χ1) is 13.9. The van der Waals surface area contributed by atoms with Crippen molar-refractivity contribution in [2.45, 2.75) is 12.8 Å². The van der Waals surface area contributed by atoms with Crippen LogP contribution in [0, 0.1) is 5.82 Å². The molecule has 3 aromatic rings. The largest absolute Gasteiger partial charge is 0.462 e. The third kappa shape index (κ3) is 3.16. The molecule has 5 nitrogen and oxygen atoms in total. The van der Waals surface area contributed by atoms with E-state index < -0.39 is 17.7 Å². The number of ether oxygens (including phenoxy) is 2. The van der Waals surface area contributed by atoms with Gasteiger partial charge in [-0.15, -0.1) is 0 Å². The molecule has 1 unspecified atom stereocenters. The third-order valence-electron chi connectivity index (χ3n) is 4.64. The standard InChI is InChI=1S/C21H15ClFNO4S/c1-2-27-20(25)17-15(14-11(22)7-5-8-12(14)23)16-18(28-19(17)24)10-6-3-4-9-13(10)29-21(16)26/h3-9,15H,2,24H2,1H3. The number of carbonyl (C=O) groups is 1. The third-order valence-corrected chi connectivity index (χ3v) is 5.95. The molecule has 1 atom stereocenters. The Bertz CT molecular complexity index is 1220. The van der Waals surface area contributed by atoms with Gasteiger partial charge in [-0.2, -0.15) is 0 Å². The van der Waals surface area contributed by atoms with Crippen molar-refractivity contribution in [3.8, 4) is 5.75 Å². The SMILES string of the molecule is CCOC(=O)C1=C(N)Oc2c(c(=O)sc3ccccc23)C1c1c(F)cccc1Cl. The van der Waals surface area contributed by atoms with Crippen LogP contribution in [0.3, 0.4) is 0 Å². The van der Waals surface area contributed by atoms with Gasteiger partial charge in [0.1, 0.15) is 17.1 Å². The van der Waals surface area contributed by atoms with Crippen LogP contribution in [-0.2, 0) is 9.53 Å². The van der Waals surface area contributed by atoms with E-state index in [1.165, 1.54) is 18.2 Å². The predicted molar refractivity (Wildman–Crippen MR) is 110 cm³/mol. The minimum atomic E-state index is -1.15. The molecule has 0 radical (unpaired) electrons. The summed E-state index contributed by atoms with van der Waals surface area (Å²) in [6.45, 7) is 1.71. The van der Waals surface area contributed by atoms with E-state index in [9.17, 15) is 14.0 Å². The molecular weight excluding hydrogens is 417 g/mol. The number of benzene rings is 2. The van der Waals surface area contributed by atoms with Crippen LogP contribution in [0.15, 0.2) is 58.7 Å². The Kier molecular flexibility index (Phi) is 5.02. The fraction of sp³-hybridized carbons (Fsp3) is 0.143. The van der Waals surface area contributed by atoms with Gasteiger partial charge in [0.05, 0.1) is 18.1 Å². The van der Waals surface area contributed by atoms with E-state index in [4.69, 9.17) is 26.8 Å². The Labute approximate surface area is 174 Å². The normalized spacial score (nSPS) is 15.8. The Morgan fingerprint density at radius 1 is 1.24 bits per heavy atom. The van der Waals surface area contributed by atoms with Gasteiger partial charge in [-0.1, -0.05) is 41.1 Å². The predicted octanol–water partition coefficient (Wildman–Crippen LogP) is 4.31. The first kappa shape index (κ1) is 19.4. The van der Waals surface area contributed by atoms with Gasteiger partial charge < -0.3 is 15.2 Å². The molecule has 1 aromatic heterocycles. The van der Waals surface area contributed by atoms with E-state index in [1.54, 1.807) is 31.2 Å². The second kappa shape index (κ2) is 7.50. The second-order valence-electron chi connectivity index (χ2n) is 6.30. The van der Waals surface area contributed by atoms with Gasteiger partial charge in [-0.25, -0.2) is 9.18 Å². The van der Waals surface area contributed by atoms with Crippen LogP contribution in [0.1, 0.15) is 24.0 Å². The summed E-state index contributed by atoms with van der Waals surface area (Å²) in [6.07, 6.45) is 0. The topological polar surface area (TPSA) is 78.6 Å². The summed E-state index contributed by atoms with van der Waals surface area (Å²) in [6, 6.07) is 11.3. The lowest BCUT2D eigenvalue weighted by Gasteiger charge is -2.29. The van der Waals surface area contributed by atoms with Crippen molar-refractivity contribution in [3.63, 3.8) is 0 Å². The molecule has 0 spiro atoms. The van der Waals surface area contributed by atoms with E-state index in [1.807, 2.05) is 0 Å². The van der Waals surface area contributed by atoms with Gasteiger partial charge in [0.25, 0.3) is 0 Å². The number of esters is 1. The molecule has 0 aliphatic carbocycles. The van der Waals surface area contributed by atoms with Crippen LogP contribution in [0.25, 0.3) is 10.1 Å². The number of nitrogens with two attached hydrogens (primary N) is 1. The molecule has 0 saturated carbocycles. The van der Waals surface area contributed by atoms with E-state index in [0.29, 0.717) is 10.1 Å². The van der Waals surface area contributed by atoms with Gasteiger partial charge in [0.2, 0.25) is 10.6 Å². The van der Waals surface area contributed by atoms with Gasteiger partial charge in [-0.3, -0.25) is 4.79 Å². The number of fused-ring (bicyclic) bond motifs is 3. The highest BCUT2D eigenvalue weighted by Crippen LogP contribution is 2.47. The van der Waals surface area contributed by atoms with Crippen LogP contribution < -0.4 is 15.2 Å². The molecule has 0 bridgehead atoms. The first-order valence-electron chi connectivity index (χ1n) is 8.78. The average Bonchev–Trinajstić information content (AvgIpc) is 2.67. The Balaban J connectivity index is 2.10. The Morgan fingerprint density at radius 3 is 2.72 bits per heavy atom. The summed E-state index contributed by atoms with van der Waals surface area (Å²) in [5, 5.41) is 0.699. The van der Waals surface area contributed by atoms with Crippen LogP contribution >= 0.6 is 22.9 Å². The highest BCUT2D eigenvalue weighted by atomic mass is 35.5. The first-order valence-corrected chi connectivity index (χ1v) is 9.97. The summed E-state index contributed by atoms with van der Waals surface area (Å²) in [5.74, 6) is -2.67. The smallest absolute Gasteiger partial charge is 0.340 e. The van der Waals surface area contributed by atoms with Crippen molar-refractivity contribution in [2.24, 2.45) is 5.73 Å². The molecule has 2 N–H and O–H groups in total. The molecule has 0 saturated heterocycles. The Morgan fingerprint density at radius 2 is 2.00 bits per heavy atom. The maximum atomic E-state index is 14.9. The zero-order chi connectivity index (χ0) is 20.7. The van der Waals surface area contributed by atoms with Crippen LogP contribution in [-0.4, -0.2) is 12.6 Å². The maximum Gasteiger partial charge on any atom is 0.340 e. The van der Waals surface area contributed by atoms with E-state index in [2.05, 4.69) is 0 Å². The Hall–Kier alpha value is -2.90. The number of carbonyl (C=O) groups excluding carboxylic acids is 1. The molecule has 29 heavy (non-hydrogen) atoms. The van der Waals surface area contributed by atoms with Gasteiger partial charge in [0, 0.05) is 20.7 Å². The number of halogens is 2. The van der Waals surface area contributed by atoms with Gasteiger partial charge in [-0.05, 0) is 31.2 Å². The van der Waals surface area contributed by atoms with Gasteiger partial charge >= 0.3 is 5.97 Å². The molecule has 2 aromatic carbocycles. The molecule has 1 aliphatic rings. The van der Waals surface area contributed by atoms with Crippen molar-refractivity contribution in [2.75, 3.05) is 6.61 Å². The zero-order valence-corrected chi connectivity index (χ0v) is 16.8. The van der Waals surface area contributed by atoms with Crippen molar-refractivity contribution >= 4 is 39.0 Å². The van der Waals surface area contributed by atoms with Crippen molar-refractivity contribution < 1.29 is 18.7 Å². The molecule has 4 rings (SSSR count). The molecule has 1 aliphatic heterocycles. The van der Waals surface area contributed by atoms with Gasteiger partial charge in [0.15, 0.2) is 0 Å². The maximum absolute atomic E-state index is 14.9. The minimum absolute atomic E-state index is 0.0238. The fourth-order valence-corrected chi connectivity index (χ4v) is 4.66. The summed E-state index contributed by atoms with van der Waals surface area (Å²) in [5.41, 5.74) is 6.02. The summed E-state index contributed by atoms with van der Waals surface area (Å²) in [7, 11) is 0. The number of hydrogen-bond donors (Lipinski definition) is 1.